The van der Waals surface area contributed by atoms with Crippen molar-refractivity contribution in [1.82, 2.24) is 4.90 Å². The van der Waals surface area contributed by atoms with E-state index in [0.29, 0.717) is 18.2 Å². The Hall–Kier alpha value is -0.120. The van der Waals surface area contributed by atoms with E-state index in [1.807, 2.05) is 0 Å². The van der Waals surface area contributed by atoms with Crippen molar-refractivity contribution in [2.24, 2.45) is 5.73 Å². The topological polar surface area (TPSA) is 38.5 Å². The maximum atomic E-state index is 6.01. The van der Waals surface area contributed by atoms with E-state index in [1.54, 1.807) is 0 Å². The third-order valence-electron chi connectivity index (χ3n) is 4.45. The van der Waals surface area contributed by atoms with Gasteiger partial charge in [0.2, 0.25) is 0 Å². The first-order valence-electron chi connectivity index (χ1n) is 7.35. The average molecular weight is 240 g/mol. The summed E-state index contributed by atoms with van der Waals surface area (Å²) < 4.78 is 5.74. The number of hydrogen-bond donors (Lipinski definition) is 1. The molecule has 100 valence electrons. The van der Waals surface area contributed by atoms with Gasteiger partial charge in [0.15, 0.2) is 0 Å². The Kier molecular flexibility index (Phi) is 4.83. The molecular formula is C14H28N2O. The van der Waals surface area contributed by atoms with Crippen LogP contribution < -0.4 is 5.73 Å². The highest BCUT2D eigenvalue weighted by molar-refractivity contribution is 4.89. The summed E-state index contributed by atoms with van der Waals surface area (Å²) in [7, 11) is 0. The van der Waals surface area contributed by atoms with Gasteiger partial charge >= 0.3 is 0 Å². The van der Waals surface area contributed by atoms with Crippen LogP contribution in [0.25, 0.3) is 0 Å². The monoisotopic (exact) mass is 240 g/mol. The fourth-order valence-corrected chi connectivity index (χ4v) is 3.47. The van der Waals surface area contributed by atoms with E-state index in [4.69, 9.17) is 10.5 Å². The first-order valence-corrected chi connectivity index (χ1v) is 7.35. The van der Waals surface area contributed by atoms with Crippen molar-refractivity contribution in [3.63, 3.8) is 0 Å². The third kappa shape index (κ3) is 3.21. The Balaban J connectivity index is 1.96. The maximum Gasteiger partial charge on any atom is 0.0703 e. The molecule has 2 unspecified atom stereocenters. The Morgan fingerprint density at radius 2 is 1.88 bits per heavy atom. The summed E-state index contributed by atoms with van der Waals surface area (Å²) in [5.41, 5.74) is 6.01. The quantitative estimate of drug-likeness (QED) is 0.818. The van der Waals surface area contributed by atoms with Gasteiger partial charge in [0.25, 0.3) is 0 Å². The van der Waals surface area contributed by atoms with Gasteiger partial charge in [-0.1, -0.05) is 6.92 Å². The highest BCUT2D eigenvalue weighted by atomic mass is 16.5. The number of nitrogens with zero attached hydrogens (tertiary/aromatic N) is 1. The van der Waals surface area contributed by atoms with Crippen molar-refractivity contribution in [2.45, 2.75) is 76.6 Å². The minimum absolute atomic E-state index is 0.414. The smallest absolute Gasteiger partial charge is 0.0703 e. The minimum atomic E-state index is 0.414. The molecule has 2 atom stereocenters. The Morgan fingerprint density at radius 1 is 1.18 bits per heavy atom. The van der Waals surface area contributed by atoms with Crippen LogP contribution in [0.4, 0.5) is 0 Å². The van der Waals surface area contributed by atoms with E-state index in [-0.39, 0.29) is 0 Å². The molecule has 0 bridgehead atoms. The zero-order valence-corrected chi connectivity index (χ0v) is 11.4. The van der Waals surface area contributed by atoms with Crippen LogP contribution in [0.15, 0.2) is 0 Å². The van der Waals surface area contributed by atoms with Gasteiger partial charge in [0.05, 0.1) is 6.10 Å². The fraction of sp³-hybridized carbons (Fsp3) is 1.00. The zero-order chi connectivity index (χ0) is 12.3. The summed E-state index contributed by atoms with van der Waals surface area (Å²) in [5.74, 6) is 0. The molecule has 2 N–H and O–H groups in total. The molecule has 0 aromatic heterocycles. The van der Waals surface area contributed by atoms with Crippen molar-refractivity contribution in [2.75, 3.05) is 13.2 Å². The van der Waals surface area contributed by atoms with Crippen LogP contribution >= 0.6 is 0 Å². The predicted octanol–water partition coefficient (Wildman–Crippen LogP) is 2.15. The Labute approximate surface area is 106 Å². The highest BCUT2D eigenvalue weighted by Gasteiger charge is 2.34. The number of rotatable bonds is 4. The molecule has 3 nitrogen and oxygen atoms in total. The van der Waals surface area contributed by atoms with Crippen LogP contribution in [0, 0.1) is 0 Å². The first-order chi connectivity index (χ1) is 8.22. The molecule has 1 saturated heterocycles. The molecule has 3 heteroatoms. The maximum absolute atomic E-state index is 6.01. The van der Waals surface area contributed by atoms with Gasteiger partial charge in [-0.3, -0.25) is 4.90 Å². The number of nitrogens with two attached hydrogens (primary N) is 1. The largest absolute Gasteiger partial charge is 0.377 e. The molecule has 17 heavy (non-hydrogen) atoms. The van der Waals surface area contributed by atoms with Gasteiger partial charge in [0.1, 0.15) is 0 Å². The molecule has 2 fully saturated rings. The summed E-state index contributed by atoms with van der Waals surface area (Å²) in [4.78, 5) is 2.73. The first kappa shape index (κ1) is 13.3. The molecule has 0 radical (unpaired) electrons. The summed E-state index contributed by atoms with van der Waals surface area (Å²) >= 11 is 0. The van der Waals surface area contributed by atoms with Crippen molar-refractivity contribution < 1.29 is 4.74 Å². The second-order valence-corrected chi connectivity index (χ2v) is 5.74. The standard InChI is InChI=1S/C14H28N2O/c1-3-9-16(14-8-10-17-11(14)2)13-6-4-12(15)5-7-13/h11-14H,3-10,15H2,1-2H3. The van der Waals surface area contributed by atoms with Crippen molar-refractivity contribution >= 4 is 0 Å². The molecule has 0 aromatic rings. The van der Waals surface area contributed by atoms with E-state index in [1.165, 1.54) is 45.1 Å². The summed E-state index contributed by atoms with van der Waals surface area (Å²) in [5, 5.41) is 0. The third-order valence-corrected chi connectivity index (χ3v) is 4.45. The van der Waals surface area contributed by atoms with Crippen LogP contribution in [-0.4, -0.2) is 42.3 Å². The zero-order valence-electron chi connectivity index (χ0n) is 11.4. The van der Waals surface area contributed by atoms with E-state index < -0.39 is 0 Å². The SMILES string of the molecule is CCCN(C1CCC(N)CC1)C1CCOC1C. The van der Waals surface area contributed by atoms with Gasteiger partial charge in [-0.25, -0.2) is 0 Å². The van der Waals surface area contributed by atoms with E-state index in [2.05, 4.69) is 18.7 Å². The van der Waals surface area contributed by atoms with Gasteiger partial charge in [-0.2, -0.15) is 0 Å². The molecule has 0 spiro atoms. The lowest BCUT2D eigenvalue weighted by Gasteiger charge is -2.40. The van der Waals surface area contributed by atoms with Gasteiger partial charge in [0, 0.05) is 24.7 Å². The van der Waals surface area contributed by atoms with Crippen LogP contribution in [0.5, 0.6) is 0 Å². The highest BCUT2D eigenvalue weighted by Crippen LogP contribution is 2.28. The van der Waals surface area contributed by atoms with Crippen LogP contribution in [-0.2, 0) is 4.74 Å². The van der Waals surface area contributed by atoms with Crippen molar-refractivity contribution in [3.05, 3.63) is 0 Å². The Morgan fingerprint density at radius 3 is 2.41 bits per heavy atom. The minimum Gasteiger partial charge on any atom is -0.377 e. The molecule has 1 aliphatic carbocycles. The molecular weight excluding hydrogens is 212 g/mol. The van der Waals surface area contributed by atoms with E-state index >= 15 is 0 Å². The van der Waals surface area contributed by atoms with Gasteiger partial charge < -0.3 is 10.5 Å². The van der Waals surface area contributed by atoms with Crippen molar-refractivity contribution in [3.8, 4) is 0 Å². The Bertz CT molecular complexity index is 226. The number of ether oxygens (including phenoxy) is 1. The molecule has 1 aliphatic heterocycles. The van der Waals surface area contributed by atoms with Gasteiger partial charge in [-0.15, -0.1) is 0 Å². The van der Waals surface area contributed by atoms with Gasteiger partial charge in [-0.05, 0) is 52.0 Å². The lowest BCUT2D eigenvalue weighted by Crippen LogP contribution is -2.49. The van der Waals surface area contributed by atoms with Crippen LogP contribution in [0.2, 0.25) is 0 Å². The second-order valence-electron chi connectivity index (χ2n) is 5.74. The summed E-state index contributed by atoms with van der Waals surface area (Å²) in [6.45, 7) is 6.67. The van der Waals surface area contributed by atoms with E-state index in [0.717, 1.165) is 12.6 Å². The molecule has 2 rings (SSSR count). The molecule has 0 aromatic carbocycles. The summed E-state index contributed by atoms with van der Waals surface area (Å²) in [6.07, 6.45) is 7.83. The van der Waals surface area contributed by atoms with Crippen LogP contribution in [0.1, 0.15) is 52.4 Å². The normalized spacial score (nSPS) is 38.8. The average Bonchev–Trinajstić information content (AvgIpc) is 2.74. The van der Waals surface area contributed by atoms with Crippen LogP contribution in [0.3, 0.4) is 0 Å². The molecule has 0 amide bonds. The lowest BCUT2D eigenvalue weighted by atomic mass is 9.89. The second kappa shape index (κ2) is 6.17. The molecule has 1 saturated carbocycles. The number of hydrogen-bond acceptors (Lipinski definition) is 3. The fourth-order valence-electron chi connectivity index (χ4n) is 3.47. The predicted molar refractivity (Wildman–Crippen MR) is 71.0 cm³/mol. The van der Waals surface area contributed by atoms with Crippen molar-refractivity contribution in [1.29, 1.82) is 0 Å². The lowest BCUT2D eigenvalue weighted by molar-refractivity contribution is 0.0411. The summed E-state index contributed by atoms with van der Waals surface area (Å²) in [6, 6.07) is 1.85. The molecule has 2 aliphatic rings. The van der Waals surface area contributed by atoms with E-state index in [9.17, 15) is 0 Å². The molecule has 1 heterocycles.